The number of carbonyl (C=O) groups is 1. The van der Waals surface area contributed by atoms with Crippen LogP contribution in [0.4, 0.5) is 0 Å². The Morgan fingerprint density at radius 2 is 1.80 bits per heavy atom. The number of hydrogen-bond acceptors (Lipinski definition) is 2. The molecule has 2 unspecified atom stereocenters. The van der Waals surface area contributed by atoms with Gasteiger partial charge in [-0.25, -0.2) is 0 Å². The zero-order valence-electron chi connectivity index (χ0n) is 10.7. The van der Waals surface area contributed by atoms with Crippen molar-refractivity contribution < 1.29 is 9.53 Å². The Kier molecular flexibility index (Phi) is 7.39. The molecule has 2 atom stereocenters. The number of amides is 1. The summed E-state index contributed by atoms with van der Waals surface area (Å²) in [6.45, 7) is 10.7. The van der Waals surface area contributed by atoms with Crippen LogP contribution in [-0.2, 0) is 9.53 Å². The van der Waals surface area contributed by atoms with Gasteiger partial charge in [-0.15, -0.1) is 0 Å². The van der Waals surface area contributed by atoms with E-state index < -0.39 is 0 Å². The molecule has 0 aliphatic rings. The number of nitrogens with one attached hydrogen (secondary N) is 1. The van der Waals surface area contributed by atoms with Crippen LogP contribution in [0.15, 0.2) is 0 Å². The van der Waals surface area contributed by atoms with Crippen molar-refractivity contribution in [1.29, 1.82) is 0 Å². The van der Waals surface area contributed by atoms with Crippen LogP contribution in [0.2, 0.25) is 0 Å². The molecule has 1 amide bonds. The van der Waals surface area contributed by atoms with E-state index in [1.165, 1.54) is 0 Å². The van der Waals surface area contributed by atoms with Crippen LogP contribution in [0.3, 0.4) is 0 Å². The second-order valence-electron chi connectivity index (χ2n) is 4.19. The van der Waals surface area contributed by atoms with E-state index in [1.807, 2.05) is 0 Å². The molecule has 0 radical (unpaired) electrons. The number of hydrogen-bond donors (Lipinski definition) is 1. The van der Waals surface area contributed by atoms with Gasteiger partial charge in [-0.2, -0.15) is 0 Å². The highest BCUT2D eigenvalue weighted by Gasteiger charge is 2.16. The lowest BCUT2D eigenvalue weighted by Crippen LogP contribution is -2.33. The third-order valence-corrected chi connectivity index (χ3v) is 2.79. The average molecular weight is 215 g/mol. The summed E-state index contributed by atoms with van der Waals surface area (Å²) in [7, 11) is 0. The van der Waals surface area contributed by atoms with E-state index in [9.17, 15) is 4.79 Å². The summed E-state index contributed by atoms with van der Waals surface area (Å²) in [6, 6.07) is 0. The highest BCUT2D eigenvalue weighted by atomic mass is 16.5. The monoisotopic (exact) mass is 215 g/mol. The van der Waals surface area contributed by atoms with Gasteiger partial charge in [0, 0.05) is 13.5 Å². The first-order chi connectivity index (χ1) is 7.01. The highest BCUT2D eigenvalue weighted by molar-refractivity contribution is 5.72. The predicted molar refractivity (Wildman–Crippen MR) is 62.8 cm³/mol. The summed E-state index contributed by atoms with van der Waals surface area (Å²) in [5.74, 6) is 0.381. The molecule has 0 aliphatic carbocycles. The Balaban J connectivity index is 3.86. The molecule has 0 saturated heterocycles. The SMILES string of the molecule is CCC(CC)OC(C)C(C)CNC(C)=O. The summed E-state index contributed by atoms with van der Waals surface area (Å²) >= 11 is 0. The molecule has 0 rings (SSSR count). The van der Waals surface area contributed by atoms with Crippen molar-refractivity contribution in [2.75, 3.05) is 6.54 Å². The van der Waals surface area contributed by atoms with Gasteiger partial charge in [-0.05, 0) is 25.7 Å². The topological polar surface area (TPSA) is 38.3 Å². The first kappa shape index (κ1) is 14.4. The van der Waals surface area contributed by atoms with Crippen LogP contribution in [0.1, 0.15) is 47.5 Å². The molecule has 0 spiro atoms. The van der Waals surface area contributed by atoms with Crippen LogP contribution in [-0.4, -0.2) is 24.7 Å². The average Bonchev–Trinajstić information content (AvgIpc) is 2.21. The molecule has 0 aromatic rings. The van der Waals surface area contributed by atoms with Crippen LogP contribution >= 0.6 is 0 Å². The van der Waals surface area contributed by atoms with Gasteiger partial charge in [0.1, 0.15) is 0 Å². The summed E-state index contributed by atoms with van der Waals surface area (Å²) < 4.78 is 5.89. The van der Waals surface area contributed by atoms with Crippen molar-refractivity contribution in [3.05, 3.63) is 0 Å². The fourth-order valence-corrected chi connectivity index (χ4v) is 1.39. The summed E-state index contributed by atoms with van der Waals surface area (Å²) in [4.78, 5) is 10.8. The number of ether oxygens (including phenoxy) is 1. The lowest BCUT2D eigenvalue weighted by molar-refractivity contribution is -0.119. The highest BCUT2D eigenvalue weighted by Crippen LogP contribution is 2.12. The molecule has 0 fully saturated rings. The largest absolute Gasteiger partial charge is 0.375 e. The summed E-state index contributed by atoms with van der Waals surface area (Å²) in [5.41, 5.74) is 0. The Labute approximate surface area is 93.6 Å². The molecule has 0 aromatic heterocycles. The third-order valence-electron chi connectivity index (χ3n) is 2.79. The van der Waals surface area contributed by atoms with Gasteiger partial charge in [-0.1, -0.05) is 20.8 Å². The molecule has 0 bridgehead atoms. The minimum absolute atomic E-state index is 0.0246. The lowest BCUT2D eigenvalue weighted by atomic mass is 10.1. The van der Waals surface area contributed by atoms with E-state index in [2.05, 4.69) is 33.0 Å². The van der Waals surface area contributed by atoms with Crippen molar-refractivity contribution in [3.8, 4) is 0 Å². The Hall–Kier alpha value is -0.570. The lowest BCUT2D eigenvalue weighted by Gasteiger charge is -2.25. The van der Waals surface area contributed by atoms with Gasteiger partial charge in [0.2, 0.25) is 5.91 Å². The van der Waals surface area contributed by atoms with Crippen molar-refractivity contribution in [3.63, 3.8) is 0 Å². The van der Waals surface area contributed by atoms with Crippen LogP contribution < -0.4 is 5.32 Å². The molecule has 1 N–H and O–H groups in total. The molecule has 90 valence electrons. The molecule has 0 aliphatic heterocycles. The standard InChI is InChI=1S/C12H25NO2/c1-6-12(7-2)15-10(4)9(3)8-13-11(5)14/h9-10,12H,6-8H2,1-5H3,(H,13,14). The molecule has 15 heavy (non-hydrogen) atoms. The van der Waals surface area contributed by atoms with Crippen molar-refractivity contribution in [2.45, 2.75) is 59.7 Å². The molecule has 0 aromatic carbocycles. The maximum atomic E-state index is 10.8. The number of carbonyl (C=O) groups excluding carboxylic acids is 1. The molecule has 3 nitrogen and oxygen atoms in total. The van der Waals surface area contributed by atoms with Crippen LogP contribution in [0, 0.1) is 5.92 Å². The summed E-state index contributed by atoms with van der Waals surface area (Å²) in [5, 5.41) is 2.82. The van der Waals surface area contributed by atoms with E-state index >= 15 is 0 Å². The first-order valence-corrected chi connectivity index (χ1v) is 5.91. The third kappa shape index (κ3) is 6.50. The normalized spacial score (nSPS) is 15.1. The molecule has 0 heterocycles. The van der Waals surface area contributed by atoms with E-state index in [0.29, 0.717) is 18.6 Å². The fraction of sp³-hybridized carbons (Fsp3) is 0.917. The van der Waals surface area contributed by atoms with Gasteiger partial charge >= 0.3 is 0 Å². The zero-order valence-corrected chi connectivity index (χ0v) is 10.7. The second kappa shape index (κ2) is 7.69. The number of rotatable bonds is 7. The predicted octanol–water partition coefficient (Wildman–Crippen LogP) is 2.35. The maximum absolute atomic E-state index is 10.8. The molecule has 3 heteroatoms. The Bertz CT molecular complexity index is 178. The maximum Gasteiger partial charge on any atom is 0.216 e. The van der Waals surface area contributed by atoms with Crippen molar-refractivity contribution in [2.24, 2.45) is 5.92 Å². The minimum atomic E-state index is 0.0246. The first-order valence-electron chi connectivity index (χ1n) is 5.91. The van der Waals surface area contributed by atoms with E-state index in [1.54, 1.807) is 6.92 Å². The molecule has 0 saturated carbocycles. The van der Waals surface area contributed by atoms with Crippen molar-refractivity contribution in [1.82, 2.24) is 5.32 Å². The van der Waals surface area contributed by atoms with Gasteiger partial charge in [0.05, 0.1) is 12.2 Å². The fourth-order valence-electron chi connectivity index (χ4n) is 1.39. The molecular weight excluding hydrogens is 190 g/mol. The van der Waals surface area contributed by atoms with Gasteiger partial charge in [0.25, 0.3) is 0 Å². The minimum Gasteiger partial charge on any atom is -0.375 e. The molecular formula is C12H25NO2. The smallest absolute Gasteiger partial charge is 0.216 e. The Morgan fingerprint density at radius 1 is 1.27 bits per heavy atom. The van der Waals surface area contributed by atoms with Crippen molar-refractivity contribution >= 4 is 5.91 Å². The quantitative estimate of drug-likeness (QED) is 0.708. The second-order valence-corrected chi connectivity index (χ2v) is 4.19. The van der Waals surface area contributed by atoms with E-state index in [4.69, 9.17) is 4.74 Å². The van der Waals surface area contributed by atoms with Crippen LogP contribution in [0.5, 0.6) is 0 Å². The van der Waals surface area contributed by atoms with Gasteiger partial charge in [-0.3, -0.25) is 4.79 Å². The van der Waals surface area contributed by atoms with Gasteiger partial charge < -0.3 is 10.1 Å². The summed E-state index contributed by atoms with van der Waals surface area (Å²) in [6.07, 6.45) is 2.64. The van der Waals surface area contributed by atoms with E-state index in [0.717, 1.165) is 12.8 Å². The van der Waals surface area contributed by atoms with Crippen LogP contribution in [0.25, 0.3) is 0 Å². The Morgan fingerprint density at radius 3 is 2.20 bits per heavy atom. The zero-order chi connectivity index (χ0) is 11.8. The van der Waals surface area contributed by atoms with E-state index in [-0.39, 0.29) is 12.0 Å². The van der Waals surface area contributed by atoms with Gasteiger partial charge in [0.15, 0.2) is 0 Å².